The third-order valence-corrected chi connectivity index (χ3v) is 4.51. The van der Waals surface area contributed by atoms with Gasteiger partial charge in [0, 0.05) is 31.4 Å². The van der Waals surface area contributed by atoms with Crippen molar-refractivity contribution in [3.05, 3.63) is 65.1 Å². The highest BCUT2D eigenvalue weighted by atomic mass is 16.5. The number of rotatable bonds is 3. The summed E-state index contributed by atoms with van der Waals surface area (Å²) in [5.74, 6) is -0.464. The number of aromatic carboxylic acids is 1. The number of hydrogen-bond acceptors (Lipinski definition) is 4. The molecular formula is C19H19N3O3. The predicted octanol–water partition coefficient (Wildman–Crippen LogP) is 2.74. The van der Waals surface area contributed by atoms with E-state index in [1.807, 2.05) is 18.5 Å². The lowest BCUT2D eigenvalue weighted by Gasteiger charge is -2.19. The predicted molar refractivity (Wildman–Crippen MR) is 92.9 cm³/mol. The van der Waals surface area contributed by atoms with Crippen molar-refractivity contribution < 1.29 is 14.6 Å². The second-order valence-electron chi connectivity index (χ2n) is 6.34. The Morgan fingerprint density at radius 3 is 3.08 bits per heavy atom. The molecule has 0 amide bonds. The van der Waals surface area contributed by atoms with Crippen LogP contribution in [-0.4, -0.2) is 38.5 Å². The second-order valence-corrected chi connectivity index (χ2v) is 6.34. The molecule has 0 aliphatic carbocycles. The van der Waals surface area contributed by atoms with Crippen LogP contribution in [0.15, 0.2) is 42.7 Å². The van der Waals surface area contributed by atoms with E-state index >= 15 is 0 Å². The van der Waals surface area contributed by atoms with Gasteiger partial charge in [0.25, 0.3) is 0 Å². The molecule has 4 rings (SSSR count). The number of imidazole rings is 1. The molecule has 3 heterocycles. The Bertz CT molecular complexity index is 948. The van der Waals surface area contributed by atoms with Crippen LogP contribution in [0.3, 0.4) is 0 Å². The van der Waals surface area contributed by atoms with Crippen LogP contribution in [0.5, 0.6) is 5.75 Å². The van der Waals surface area contributed by atoms with E-state index in [-0.39, 0.29) is 5.56 Å². The fourth-order valence-electron chi connectivity index (χ4n) is 3.26. The van der Waals surface area contributed by atoms with Gasteiger partial charge in [-0.15, -0.1) is 0 Å². The molecule has 0 saturated heterocycles. The number of nitrogens with zero attached hydrogens (tertiary/aromatic N) is 3. The number of aryl methyl sites for hydroxylation is 1. The van der Waals surface area contributed by atoms with Crippen LogP contribution in [0.2, 0.25) is 0 Å². The first-order valence-corrected chi connectivity index (χ1v) is 8.25. The van der Waals surface area contributed by atoms with Gasteiger partial charge in [0.1, 0.15) is 23.6 Å². The first-order chi connectivity index (χ1) is 12.1. The Morgan fingerprint density at radius 1 is 1.36 bits per heavy atom. The largest absolute Gasteiger partial charge is 0.491 e. The van der Waals surface area contributed by atoms with Gasteiger partial charge in [0.15, 0.2) is 0 Å². The van der Waals surface area contributed by atoms with Crippen molar-refractivity contribution in [1.29, 1.82) is 0 Å². The van der Waals surface area contributed by atoms with Crippen LogP contribution in [0, 0.1) is 6.92 Å². The van der Waals surface area contributed by atoms with E-state index in [0.717, 1.165) is 30.0 Å². The van der Waals surface area contributed by atoms with Gasteiger partial charge in [0.05, 0.1) is 11.9 Å². The summed E-state index contributed by atoms with van der Waals surface area (Å²) in [7, 11) is 0. The summed E-state index contributed by atoms with van der Waals surface area (Å²) in [5, 5.41) is 9.34. The highest BCUT2D eigenvalue weighted by molar-refractivity contribution is 5.91. The second kappa shape index (κ2) is 6.22. The number of aromatic nitrogens is 2. The van der Waals surface area contributed by atoms with Gasteiger partial charge in [0.2, 0.25) is 0 Å². The van der Waals surface area contributed by atoms with Gasteiger partial charge in [-0.3, -0.25) is 4.90 Å². The number of hydrogen-bond donors (Lipinski definition) is 1. The van der Waals surface area contributed by atoms with Crippen LogP contribution in [0.1, 0.15) is 27.2 Å². The molecule has 1 N–H and O–H groups in total. The normalized spacial score (nSPS) is 14.8. The number of carboxylic acid groups (broad SMARTS) is 1. The maximum absolute atomic E-state index is 11.4. The van der Waals surface area contributed by atoms with E-state index < -0.39 is 5.97 Å². The number of fused-ring (bicyclic) bond motifs is 2. The molecule has 0 radical (unpaired) electrons. The summed E-state index contributed by atoms with van der Waals surface area (Å²) >= 11 is 0. The van der Waals surface area contributed by atoms with Crippen LogP contribution < -0.4 is 4.74 Å². The lowest BCUT2D eigenvalue weighted by molar-refractivity contribution is 0.0692. The minimum absolute atomic E-state index is 0.227. The fourth-order valence-corrected chi connectivity index (χ4v) is 3.26. The standard InChI is InChI=1S/C19H19N3O3/c1-13-5-6-22-15(10-20-17(22)9-13)12-21-7-8-25-18-14(11-21)3-2-4-16(18)19(23)24/h2-6,9-10H,7-8,11-12H2,1H3,(H,23,24). The zero-order valence-corrected chi connectivity index (χ0v) is 14.0. The molecule has 6 heteroatoms. The minimum Gasteiger partial charge on any atom is -0.491 e. The molecule has 3 aromatic rings. The van der Waals surface area contributed by atoms with Crippen LogP contribution in [-0.2, 0) is 13.1 Å². The van der Waals surface area contributed by atoms with E-state index in [1.165, 1.54) is 5.56 Å². The number of para-hydroxylation sites is 1. The van der Waals surface area contributed by atoms with Crippen molar-refractivity contribution in [3.8, 4) is 5.75 Å². The molecule has 6 nitrogen and oxygen atoms in total. The Balaban J connectivity index is 1.61. The van der Waals surface area contributed by atoms with Gasteiger partial charge in [-0.25, -0.2) is 9.78 Å². The van der Waals surface area contributed by atoms with Gasteiger partial charge in [-0.1, -0.05) is 12.1 Å². The molecule has 0 fully saturated rings. The van der Waals surface area contributed by atoms with E-state index in [1.54, 1.807) is 12.1 Å². The topological polar surface area (TPSA) is 67.1 Å². The molecule has 1 aromatic carbocycles. The SMILES string of the molecule is Cc1ccn2c(CN3CCOc4c(cccc4C(=O)O)C3)cnc2c1. The zero-order valence-electron chi connectivity index (χ0n) is 14.0. The van der Waals surface area contributed by atoms with E-state index in [9.17, 15) is 9.90 Å². The number of carboxylic acids is 1. The van der Waals surface area contributed by atoms with E-state index in [2.05, 4.69) is 33.3 Å². The molecule has 0 saturated carbocycles. The molecule has 128 valence electrons. The summed E-state index contributed by atoms with van der Waals surface area (Å²) < 4.78 is 7.84. The first-order valence-electron chi connectivity index (χ1n) is 8.25. The highest BCUT2D eigenvalue weighted by Gasteiger charge is 2.21. The van der Waals surface area contributed by atoms with E-state index in [4.69, 9.17) is 4.74 Å². The summed E-state index contributed by atoms with van der Waals surface area (Å²) in [6, 6.07) is 9.41. The van der Waals surface area contributed by atoms with E-state index in [0.29, 0.717) is 18.9 Å². The van der Waals surface area contributed by atoms with Crippen LogP contribution in [0.25, 0.3) is 5.65 Å². The molecule has 0 atom stereocenters. The quantitative estimate of drug-likeness (QED) is 0.796. The van der Waals surface area contributed by atoms with Crippen molar-refractivity contribution in [3.63, 3.8) is 0 Å². The smallest absolute Gasteiger partial charge is 0.339 e. The van der Waals surface area contributed by atoms with Crippen molar-refractivity contribution in [2.24, 2.45) is 0 Å². The Labute approximate surface area is 145 Å². The number of ether oxygens (including phenoxy) is 1. The summed E-state index contributed by atoms with van der Waals surface area (Å²) in [5.41, 5.74) is 4.36. The van der Waals surface area contributed by atoms with Crippen molar-refractivity contribution >= 4 is 11.6 Å². The van der Waals surface area contributed by atoms with Gasteiger partial charge >= 0.3 is 5.97 Å². The molecule has 0 unspecified atom stereocenters. The Kier molecular flexibility index (Phi) is 3.89. The Hall–Kier alpha value is -2.86. The number of benzene rings is 1. The van der Waals surface area contributed by atoms with Crippen LogP contribution in [0.4, 0.5) is 0 Å². The lowest BCUT2D eigenvalue weighted by atomic mass is 10.1. The third kappa shape index (κ3) is 2.96. The highest BCUT2D eigenvalue weighted by Crippen LogP contribution is 2.28. The first kappa shape index (κ1) is 15.7. The van der Waals surface area contributed by atoms with Crippen molar-refractivity contribution in [2.75, 3.05) is 13.2 Å². The zero-order chi connectivity index (χ0) is 17.4. The van der Waals surface area contributed by atoms with Gasteiger partial charge in [-0.05, 0) is 30.7 Å². The fraction of sp³-hybridized carbons (Fsp3) is 0.263. The maximum Gasteiger partial charge on any atom is 0.339 e. The molecule has 0 bridgehead atoms. The molecule has 0 spiro atoms. The lowest BCUT2D eigenvalue weighted by Crippen LogP contribution is -2.25. The number of pyridine rings is 1. The van der Waals surface area contributed by atoms with Crippen LogP contribution >= 0.6 is 0 Å². The van der Waals surface area contributed by atoms with Gasteiger partial charge < -0.3 is 14.2 Å². The third-order valence-electron chi connectivity index (χ3n) is 4.51. The maximum atomic E-state index is 11.4. The Morgan fingerprint density at radius 2 is 2.24 bits per heavy atom. The summed E-state index contributed by atoms with van der Waals surface area (Å²) in [4.78, 5) is 18.1. The molecule has 1 aliphatic heterocycles. The average Bonchev–Trinajstić information content (AvgIpc) is 2.85. The average molecular weight is 337 g/mol. The molecular weight excluding hydrogens is 318 g/mol. The van der Waals surface area contributed by atoms with Crippen molar-refractivity contribution in [2.45, 2.75) is 20.0 Å². The monoisotopic (exact) mass is 337 g/mol. The molecule has 1 aliphatic rings. The van der Waals surface area contributed by atoms with Crippen molar-refractivity contribution in [1.82, 2.24) is 14.3 Å². The van der Waals surface area contributed by atoms with Gasteiger partial charge in [-0.2, -0.15) is 0 Å². The number of carbonyl (C=O) groups is 1. The molecule has 25 heavy (non-hydrogen) atoms. The molecule has 2 aromatic heterocycles. The minimum atomic E-state index is -0.956. The summed E-state index contributed by atoms with van der Waals surface area (Å²) in [6.07, 6.45) is 3.94. The summed E-state index contributed by atoms with van der Waals surface area (Å²) in [6.45, 7) is 4.62.